The van der Waals surface area contributed by atoms with Crippen LogP contribution >= 0.6 is 0 Å². The van der Waals surface area contributed by atoms with Gasteiger partial charge in [-0.25, -0.2) is 10.2 Å². The maximum absolute atomic E-state index is 12.3. The Morgan fingerprint density at radius 1 is 1.40 bits per heavy atom. The highest BCUT2D eigenvalue weighted by atomic mass is 16.6. The van der Waals surface area contributed by atoms with Crippen LogP contribution in [0.1, 0.15) is 52.9 Å². The molecular formula is C21H26N4O5. The average Bonchev–Trinajstić information content (AvgIpc) is 3.19. The van der Waals surface area contributed by atoms with E-state index in [0.29, 0.717) is 17.9 Å². The summed E-state index contributed by atoms with van der Waals surface area (Å²) in [5, 5.41) is 15.3. The van der Waals surface area contributed by atoms with Crippen molar-refractivity contribution in [1.29, 1.82) is 0 Å². The molecule has 0 radical (unpaired) electrons. The SMILES string of the molecule is CC1(C)[C@@H]2CC[C@@]1(C)/C(=N/NC(=O)CCCn1c(=O)oc3cc([N+](=O)[O-])ccc31)C2. The van der Waals surface area contributed by atoms with Gasteiger partial charge in [0.05, 0.1) is 16.5 Å². The number of hydrogen-bond acceptors (Lipinski definition) is 6. The summed E-state index contributed by atoms with van der Waals surface area (Å²) in [5.74, 6) is -0.165. The molecule has 1 heterocycles. The van der Waals surface area contributed by atoms with Crippen LogP contribution in [0.2, 0.25) is 0 Å². The fourth-order valence-electron chi connectivity index (χ4n) is 5.06. The molecule has 9 nitrogen and oxygen atoms in total. The lowest BCUT2D eigenvalue weighted by molar-refractivity contribution is -0.384. The maximum Gasteiger partial charge on any atom is 0.419 e. The number of nitro benzene ring substituents is 1. The first-order chi connectivity index (χ1) is 14.1. The van der Waals surface area contributed by atoms with E-state index in [4.69, 9.17) is 4.42 Å². The summed E-state index contributed by atoms with van der Waals surface area (Å²) in [6.45, 7) is 7.10. The van der Waals surface area contributed by atoms with Crippen LogP contribution in [0, 0.1) is 26.9 Å². The molecule has 2 aromatic rings. The third-order valence-corrected chi connectivity index (χ3v) is 7.48. The molecule has 0 saturated heterocycles. The second-order valence-electron chi connectivity index (χ2n) is 9.12. The van der Waals surface area contributed by atoms with Crippen molar-refractivity contribution in [2.75, 3.05) is 0 Å². The lowest BCUT2D eigenvalue weighted by Crippen LogP contribution is -2.34. The van der Waals surface area contributed by atoms with Gasteiger partial charge in [0, 0.05) is 30.2 Å². The summed E-state index contributed by atoms with van der Waals surface area (Å²) in [4.78, 5) is 34.7. The Morgan fingerprint density at radius 3 is 2.80 bits per heavy atom. The topological polar surface area (TPSA) is 120 Å². The summed E-state index contributed by atoms with van der Waals surface area (Å²) in [6, 6.07) is 4.05. The summed E-state index contributed by atoms with van der Waals surface area (Å²) < 4.78 is 6.49. The van der Waals surface area contributed by atoms with Crippen molar-refractivity contribution in [3.63, 3.8) is 0 Å². The first-order valence-electron chi connectivity index (χ1n) is 10.3. The molecule has 0 spiro atoms. The number of nitrogens with one attached hydrogen (secondary N) is 1. The molecule has 0 aliphatic heterocycles. The number of nitrogens with zero attached hydrogens (tertiary/aromatic N) is 3. The van der Waals surface area contributed by atoms with Crippen LogP contribution in [-0.4, -0.2) is 21.1 Å². The first-order valence-corrected chi connectivity index (χ1v) is 10.3. The highest BCUT2D eigenvalue weighted by Gasteiger charge is 2.60. The summed E-state index contributed by atoms with van der Waals surface area (Å²) >= 11 is 0. The van der Waals surface area contributed by atoms with Gasteiger partial charge in [-0.15, -0.1) is 0 Å². The zero-order chi connectivity index (χ0) is 21.7. The van der Waals surface area contributed by atoms with Gasteiger partial charge in [0.25, 0.3) is 5.69 Å². The van der Waals surface area contributed by atoms with E-state index in [9.17, 15) is 19.7 Å². The van der Waals surface area contributed by atoms with Crippen LogP contribution < -0.4 is 11.2 Å². The fourth-order valence-corrected chi connectivity index (χ4v) is 5.06. The zero-order valence-corrected chi connectivity index (χ0v) is 17.4. The standard InChI is InChI=1S/C21H26N4O5/c1-20(2)13-8-9-21(20,3)17(11-13)22-23-18(26)5-4-10-24-15-7-6-14(25(28)29)12-16(15)30-19(24)27/h6-7,12-13H,4-5,8-11H2,1-3H3,(H,23,26)/b22-17+/t13-,21+/m1/s1. The number of fused-ring (bicyclic) bond motifs is 3. The van der Waals surface area contributed by atoms with Crippen LogP contribution in [0.25, 0.3) is 11.1 Å². The molecule has 1 amide bonds. The minimum Gasteiger partial charge on any atom is -0.407 e. The van der Waals surface area contributed by atoms with Crippen LogP contribution in [0.3, 0.4) is 0 Å². The number of non-ortho nitro benzene ring substituents is 1. The second kappa shape index (κ2) is 7.07. The van der Waals surface area contributed by atoms with Gasteiger partial charge in [0.15, 0.2) is 5.58 Å². The third kappa shape index (κ3) is 3.12. The predicted molar refractivity (Wildman–Crippen MR) is 111 cm³/mol. The Balaban J connectivity index is 1.36. The number of hydrogen-bond donors (Lipinski definition) is 1. The quantitative estimate of drug-likeness (QED) is 0.572. The Kier molecular flexibility index (Phi) is 4.79. The molecule has 1 N–H and O–H groups in total. The van der Waals surface area contributed by atoms with Gasteiger partial charge in [0.1, 0.15) is 0 Å². The molecular weight excluding hydrogens is 388 g/mol. The van der Waals surface area contributed by atoms with Gasteiger partial charge in [0.2, 0.25) is 5.91 Å². The zero-order valence-electron chi connectivity index (χ0n) is 17.4. The van der Waals surface area contributed by atoms with Crippen molar-refractivity contribution in [3.05, 3.63) is 38.9 Å². The smallest absolute Gasteiger partial charge is 0.407 e. The molecule has 2 bridgehead atoms. The van der Waals surface area contributed by atoms with E-state index in [2.05, 4.69) is 31.3 Å². The number of oxazole rings is 1. The number of nitro groups is 1. The van der Waals surface area contributed by atoms with Crippen molar-refractivity contribution in [3.8, 4) is 0 Å². The Bertz CT molecular complexity index is 1110. The number of rotatable bonds is 6. The van der Waals surface area contributed by atoms with Gasteiger partial charge in [-0.2, -0.15) is 5.10 Å². The lowest BCUT2D eigenvalue weighted by Gasteiger charge is -2.34. The number of amides is 1. The molecule has 2 aliphatic rings. The first kappa shape index (κ1) is 20.3. The van der Waals surface area contributed by atoms with E-state index in [-0.39, 0.29) is 41.0 Å². The molecule has 2 atom stereocenters. The van der Waals surface area contributed by atoms with Crippen LogP contribution in [-0.2, 0) is 11.3 Å². The lowest BCUT2D eigenvalue weighted by atomic mass is 9.70. The van der Waals surface area contributed by atoms with Crippen molar-refractivity contribution in [2.24, 2.45) is 21.8 Å². The number of benzene rings is 1. The maximum atomic E-state index is 12.3. The summed E-state index contributed by atoms with van der Waals surface area (Å²) in [7, 11) is 0. The Hall–Kier alpha value is -2.97. The van der Waals surface area contributed by atoms with E-state index < -0.39 is 10.7 Å². The predicted octanol–water partition coefficient (Wildman–Crippen LogP) is 3.60. The van der Waals surface area contributed by atoms with Crippen molar-refractivity contribution < 1.29 is 14.1 Å². The van der Waals surface area contributed by atoms with Crippen LogP contribution in [0.4, 0.5) is 5.69 Å². The van der Waals surface area contributed by atoms with Gasteiger partial charge in [-0.05, 0) is 43.1 Å². The van der Waals surface area contributed by atoms with E-state index in [1.165, 1.54) is 29.2 Å². The highest BCUT2D eigenvalue weighted by Crippen LogP contribution is 2.63. The summed E-state index contributed by atoms with van der Waals surface area (Å²) in [5.41, 5.74) is 4.51. The van der Waals surface area contributed by atoms with Crippen molar-refractivity contribution in [1.82, 2.24) is 9.99 Å². The molecule has 160 valence electrons. The molecule has 2 fully saturated rings. The molecule has 2 aliphatic carbocycles. The molecule has 4 rings (SSSR count). The van der Waals surface area contributed by atoms with E-state index >= 15 is 0 Å². The Morgan fingerprint density at radius 2 is 2.17 bits per heavy atom. The fraction of sp³-hybridized carbons (Fsp3) is 0.571. The molecule has 1 aromatic heterocycles. The third-order valence-electron chi connectivity index (χ3n) is 7.48. The summed E-state index contributed by atoms with van der Waals surface area (Å²) in [6.07, 6.45) is 3.90. The second-order valence-corrected chi connectivity index (χ2v) is 9.12. The van der Waals surface area contributed by atoms with Crippen molar-refractivity contribution in [2.45, 2.75) is 59.4 Å². The number of carbonyl (C=O) groups is 1. The highest BCUT2D eigenvalue weighted by molar-refractivity contribution is 5.95. The molecule has 1 aromatic carbocycles. The number of carbonyl (C=O) groups excluding carboxylic acids is 1. The number of hydrazone groups is 1. The minimum absolute atomic E-state index is 0.0383. The molecule has 0 unspecified atom stereocenters. The van der Waals surface area contributed by atoms with Gasteiger partial charge in [-0.1, -0.05) is 20.8 Å². The van der Waals surface area contributed by atoms with E-state index in [0.717, 1.165) is 18.6 Å². The van der Waals surface area contributed by atoms with Gasteiger partial charge >= 0.3 is 5.76 Å². The van der Waals surface area contributed by atoms with E-state index in [1.807, 2.05) is 0 Å². The number of aromatic nitrogens is 1. The minimum atomic E-state index is -0.594. The normalized spacial score (nSPS) is 25.8. The van der Waals surface area contributed by atoms with Crippen LogP contribution in [0.5, 0.6) is 0 Å². The molecule has 30 heavy (non-hydrogen) atoms. The molecule has 2 saturated carbocycles. The average molecular weight is 414 g/mol. The van der Waals surface area contributed by atoms with Gasteiger partial charge in [-0.3, -0.25) is 19.5 Å². The largest absolute Gasteiger partial charge is 0.419 e. The Labute approximate surface area is 173 Å². The van der Waals surface area contributed by atoms with Crippen LogP contribution in [0.15, 0.2) is 32.5 Å². The van der Waals surface area contributed by atoms with Crippen molar-refractivity contribution >= 4 is 28.4 Å². The van der Waals surface area contributed by atoms with E-state index in [1.54, 1.807) is 0 Å². The number of aryl methyl sites for hydroxylation is 1. The monoisotopic (exact) mass is 414 g/mol. The van der Waals surface area contributed by atoms with Gasteiger partial charge < -0.3 is 4.42 Å². The molecule has 9 heteroatoms.